The van der Waals surface area contributed by atoms with Crippen LogP contribution in [0, 0.1) is 5.41 Å². The van der Waals surface area contributed by atoms with E-state index in [1.807, 2.05) is 11.8 Å². The highest BCUT2D eigenvalue weighted by atomic mass is 32.2. The Bertz CT molecular complexity index is 815. The zero-order valence-electron chi connectivity index (χ0n) is 18.1. The Labute approximate surface area is 183 Å². The summed E-state index contributed by atoms with van der Waals surface area (Å²) in [5.74, 6) is -1.60. The maximum absolute atomic E-state index is 12.3. The molecule has 1 aliphatic carbocycles. The van der Waals surface area contributed by atoms with Crippen molar-refractivity contribution in [2.24, 2.45) is 5.73 Å². The van der Waals surface area contributed by atoms with Crippen molar-refractivity contribution in [1.29, 1.82) is 5.41 Å². The van der Waals surface area contributed by atoms with E-state index in [9.17, 15) is 23.1 Å². The molecule has 0 saturated carbocycles. The maximum Gasteiger partial charge on any atom is 0.331 e. The molecule has 4 atom stereocenters. The second-order valence-corrected chi connectivity index (χ2v) is 10.1. The summed E-state index contributed by atoms with van der Waals surface area (Å²) in [6.45, 7) is 4.33. The van der Waals surface area contributed by atoms with Crippen molar-refractivity contribution in [1.82, 2.24) is 20.3 Å². The molecule has 0 radical (unpaired) electrons. The summed E-state index contributed by atoms with van der Waals surface area (Å²) in [5, 5.41) is 22.8. The smallest absolute Gasteiger partial charge is 0.331 e. The van der Waals surface area contributed by atoms with Gasteiger partial charge in [0.25, 0.3) is 0 Å². The molecular formula is C19H34N6O5S. The number of likely N-dealkylation sites (tertiary alicyclic amines) is 1. The van der Waals surface area contributed by atoms with Crippen molar-refractivity contribution < 1.29 is 23.1 Å². The van der Waals surface area contributed by atoms with Gasteiger partial charge in [0.05, 0.1) is 23.9 Å². The third-order valence-electron chi connectivity index (χ3n) is 5.59. The number of aliphatic carboxylic acids is 1. The predicted octanol–water partition coefficient (Wildman–Crippen LogP) is -0.690. The van der Waals surface area contributed by atoms with E-state index in [4.69, 9.17) is 11.1 Å². The molecule has 1 aliphatic heterocycles. The highest BCUT2D eigenvalue weighted by Gasteiger charge is 2.40. The van der Waals surface area contributed by atoms with Crippen molar-refractivity contribution in [3.05, 3.63) is 11.6 Å². The first-order chi connectivity index (χ1) is 14.5. The normalized spacial score (nSPS) is 27.2. The molecule has 2 rings (SSSR count). The van der Waals surface area contributed by atoms with Gasteiger partial charge in [-0.3, -0.25) is 15.1 Å². The Morgan fingerprint density at radius 2 is 2.06 bits per heavy atom. The number of piperidine rings is 1. The second kappa shape index (κ2) is 10.9. The third kappa shape index (κ3) is 7.47. The summed E-state index contributed by atoms with van der Waals surface area (Å²) in [6.07, 6.45) is 4.50. The number of hydrogen-bond donors (Lipinski definition) is 6. The maximum atomic E-state index is 12.3. The van der Waals surface area contributed by atoms with Gasteiger partial charge in [-0.2, -0.15) is 0 Å². The van der Waals surface area contributed by atoms with Crippen LogP contribution in [0.1, 0.15) is 46.0 Å². The van der Waals surface area contributed by atoms with E-state index in [1.165, 1.54) is 6.92 Å². The van der Waals surface area contributed by atoms with E-state index >= 15 is 0 Å². The molecule has 1 saturated heterocycles. The first-order valence-electron chi connectivity index (χ1n) is 10.6. The number of carbonyl (C=O) groups excluding carboxylic acids is 1. The predicted molar refractivity (Wildman–Crippen MR) is 117 cm³/mol. The van der Waals surface area contributed by atoms with Gasteiger partial charge in [0.2, 0.25) is 15.9 Å². The van der Waals surface area contributed by atoms with Gasteiger partial charge in [0.1, 0.15) is 0 Å². The second-order valence-electron chi connectivity index (χ2n) is 8.21. The fraction of sp³-hybridized carbons (Fsp3) is 0.737. The monoisotopic (exact) mass is 458 g/mol. The van der Waals surface area contributed by atoms with Gasteiger partial charge < -0.3 is 21.5 Å². The lowest BCUT2D eigenvalue weighted by Gasteiger charge is -2.45. The van der Waals surface area contributed by atoms with Gasteiger partial charge in [0.15, 0.2) is 5.96 Å². The summed E-state index contributed by atoms with van der Waals surface area (Å²) in [6, 6.07) is -1.89. The van der Waals surface area contributed by atoms with Crippen molar-refractivity contribution >= 4 is 27.9 Å². The highest BCUT2D eigenvalue weighted by Crippen LogP contribution is 2.26. The summed E-state index contributed by atoms with van der Waals surface area (Å²) < 4.78 is 27.5. The van der Waals surface area contributed by atoms with Crippen molar-refractivity contribution in [3.63, 3.8) is 0 Å². The Kier molecular flexibility index (Phi) is 8.83. The number of carboxylic acids is 1. The van der Waals surface area contributed by atoms with E-state index in [-0.39, 0.29) is 35.7 Å². The lowest BCUT2D eigenvalue weighted by molar-refractivity contribution is -0.133. The number of nitrogens with two attached hydrogens (primary N) is 1. The highest BCUT2D eigenvalue weighted by molar-refractivity contribution is 7.89. The van der Waals surface area contributed by atoms with E-state index in [2.05, 4.69) is 15.4 Å². The third-order valence-corrected chi connectivity index (χ3v) is 7.10. The molecule has 31 heavy (non-hydrogen) atoms. The van der Waals surface area contributed by atoms with E-state index in [0.717, 1.165) is 12.8 Å². The van der Waals surface area contributed by atoms with E-state index in [0.29, 0.717) is 25.9 Å². The minimum Gasteiger partial charge on any atom is -0.478 e. The zero-order chi connectivity index (χ0) is 23.2. The molecule has 0 aromatic carbocycles. The molecule has 176 valence electrons. The summed E-state index contributed by atoms with van der Waals surface area (Å²) >= 11 is 0. The Hall–Kier alpha value is -2.18. The van der Waals surface area contributed by atoms with Crippen LogP contribution in [0.4, 0.5) is 0 Å². The first kappa shape index (κ1) is 25.1. The molecule has 0 bridgehead atoms. The molecule has 1 amide bonds. The number of sulfonamides is 1. The lowest BCUT2D eigenvalue weighted by Crippen LogP contribution is -2.65. The fourth-order valence-corrected chi connectivity index (χ4v) is 5.74. The summed E-state index contributed by atoms with van der Waals surface area (Å²) in [5.41, 5.74) is 5.66. The number of nitrogens with zero attached hydrogens (tertiary/aromatic N) is 1. The fourth-order valence-electron chi connectivity index (χ4n) is 4.25. The van der Waals surface area contributed by atoms with Gasteiger partial charge >= 0.3 is 5.97 Å². The van der Waals surface area contributed by atoms with Crippen molar-refractivity contribution in [3.8, 4) is 0 Å². The molecular weight excluding hydrogens is 424 g/mol. The van der Waals surface area contributed by atoms with Crippen LogP contribution in [-0.2, 0) is 19.6 Å². The van der Waals surface area contributed by atoms with Crippen LogP contribution in [0.3, 0.4) is 0 Å². The van der Waals surface area contributed by atoms with Crippen LogP contribution < -0.4 is 21.1 Å². The average Bonchev–Trinajstić information content (AvgIpc) is 2.66. The molecule has 0 aromatic rings. The first-order valence-corrected chi connectivity index (χ1v) is 12.2. The number of rotatable bonds is 9. The van der Waals surface area contributed by atoms with Gasteiger partial charge in [-0.1, -0.05) is 19.4 Å². The van der Waals surface area contributed by atoms with Crippen LogP contribution in [0.5, 0.6) is 0 Å². The number of carbonyl (C=O) groups is 2. The molecule has 7 N–H and O–H groups in total. The number of guanidine groups is 1. The number of amides is 1. The molecule has 1 heterocycles. The Balaban J connectivity index is 2.27. The molecule has 11 nitrogen and oxygen atoms in total. The average molecular weight is 459 g/mol. The summed E-state index contributed by atoms with van der Waals surface area (Å²) in [4.78, 5) is 25.6. The van der Waals surface area contributed by atoms with E-state index < -0.39 is 34.1 Å². The van der Waals surface area contributed by atoms with Gasteiger partial charge in [-0.25, -0.2) is 17.9 Å². The van der Waals surface area contributed by atoms with Crippen LogP contribution in [-0.4, -0.2) is 79.3 Å². The number of unbranched alkanes of at least 4 members (excludes halogenated alkanes) is 1. The number of hydrogen-bond acceptors (Lipinski definition) is 6. The van der Waals surface area contributed by atoms with Gasteiger partial charge in [-0.05, 0) is 25.8 Å². The minimum absolute atomic E-state index is 0.0750. The van der Waals surface area contributed by atoms with Crippen LogP contribution >= 0.6 is 0 Å². The molecule has 0 aromatic heterocycles. The number of carboxylic acid groups (broad SMARTS) is 1. The summed E-state index contributed by atoms with van der Waals surface area (Å²) in [7, 11) is -3.39. The molecule has 12 heteroatoms. The van der Waals surface area contributed by atoms with Crippen LogP contribution in [0.15, 0.2) is 11.6 Å². The number of nitrogens with one attached hydrogen (secondary N) is 4. The van der Waals surface area contributed by atoms with Crippen LogP contribution in [0.25, 0.3) is 0 Å². The van der Waals surface area contributed by atoms with Crippen LogP contribution in [0.2, 0.25) is 0 Å². The lowest BCUT2D eigenvalue weighted by atomic mass is 9.84. The zero-order valence-corrected chi connectivity index (χ0v) is 18.9. The SMILES string of the molecule is CCCCS(=O)(=O)N[C@@H]1CCCN([C@@H]2C=C(C(=O)O)C[C@H](NC(=N)N)[C@H]2NC(C)=O)C1. The Morgan fingerprint density at radius 3 is 2.65 bits per heavy atom. The largest absolute Gasteiger partial charge is 0.478 e. The molecule has 1 fully saturated rings. The van der Waals surface area contributed by atoms with E-state index in [1.54, 1.807) is 6.08 Å². The molecule has 0 spiro atoms. The van der Waals surface area contributed by atoms with Crippen molar-refractivity contribution in [2.45, 2.75) is 70.1 Å². The quantitative estimate of drug-likeness (QED) is 0.194. The Morgan fingerprint density at radius 1 is 1.35 bits per heavy atom. The molecule has 2 aliphatic rings. The topological polar surface area (TPSA) is 178 Å². The minimum atomic E-state index is -3.39. The van der Waals surface area contributed by atoms with Gasteiger partial charge in [0, 0.05) is 31.5 Å². The molecule has 0 unspecified atom stereocenters. The van der Waals surface area contributed by atoms with Crippen molar-refractivity contribution in [2.75, 3.05) is 18.8 Å². The van der Waals surface area contributed by atoms with Gasteiger partial charge in [-0.15, -0.1) is 0 Å². The standard InChI is InChI=1S/C19H34N6O5S/c1-3-4-8-31(29,30)24-14-6-5-7-25(11-14)16-10-13(18(27)28)9-15(23-19(20)21)17(16)22-12(2)26/h10,14-17,24H,3-9,11H2,1-2H3,(H,22,26)(H,27,28)(H4,20,21,23)/t14-,15+,16-,17-/m1/s1.